The highest BCUT2D eigenvalue weighted by atomic mass is 16.5. The van der Waals surface area contributed by atoms with Gasteiger partial charge in [-0.2, -0.15) is 0 Å². The minimum atomic E-state index is 0.0863. The highest BCUT2D eigenvalue weighted by molar-refractivity contribution is 5.77. The zero-order chi connectivity index (χ0) is 17.7. The lowest BCUT2D eigenvalue weighted by Crippen LogP contribution is -2.05. The van der Waals surface area contributed by atoms with Gasteiger partial charge in [0.1, 0.15) is 23.0 Å². The largest absolute Gasteiger partial charge is 0.507 e. The smallest absolute Gasteiger partial charge is 0.123 e. The van der Waals surface area contributed by atoms with Crippen molar-refractivity contribution in [2.24, 2.45) is 11.8 Å². The zero-order valence-electron chi connectivity index (χ0n) is 14.7. The molecule has 0 amide bonds. The van der Waals surface area contributed by atoms with Crippen molar-refractivity contribution in [3.8, 4) is 34.1 Å². The third kappa shape index (κ3) is 4.82. The van der Waals surface area contributed by atoms with Crippen molar-refractivity contribution < 1.29 is 19.7 Å². The van der Waals surface area contributed by atoms with Gasteiger partial charge in [-0.15, -0.1) is 0 Å². The first-order valence-corrected chi connectivity index (χ1v) is 8.28. The SMILES string of the molecule is CC(C)COc1ccc(O)c(-c2cc(OCC(C)C)ccc2O)c1. The van der Waals surface area contributed by atoms with Gasteiger partial charge < -0.3 is 19.7 Å². The molecule has 0 aliphatic rings. The van der Waals surface area contributed by atoms with Crippen LogP contribution in [0.4, 0.5) is 0 Å². The summed E-state index contributed by atoms with van der Waals surface area (Å²) in [5.41, 5.74) is 1.03. The summed E-state index contributed by atoms with van der Waals surface area (Å²) in [6, 6.07) is 10.1. The van der Waals surface area contributed by atoms with Crippen LogP contribution in [0.25, 0.3) is 11.1 Å². The van der Waals surface area contributed by atoms with Crippen LogP contribution in [0.15, 0.2) is 36.4 Å². The highest BCUT2D eigenvalue weighted by Crippen LogP contribution is 2.39. The van der Waals surface area contributed by atoms with E-state index in [1.54, 1.807) is 36.4 Å². The van der Waals surface area contributed by atoms with E-state index in [9.17, 15) is 10.2 Å². The lowest BCUT2D eigenvalue weighted by atomic mass is 10.0. The van der Waals surface area contributed by atoms with Crippen molar-refractivity contribution >= 4 is 0 Å². The Balaban J connectivity index is 2.32. The summed E-state index contributed by atoms with van der Waals surface area (Å²) in [6.45, 7) is 9.47. The Morgan fingerprint density at radius 3 is 1.42 bits per heavy atom. The molecule has 0 saturated carbocycles. The monoisotopic (exact) mass is 330 g/mol. The minimum absolute atomic E-state index is 0.0863. The molecular formula is C20H26O4. The Bertz CT molecular complexity index is 618. The molecule has 2 N–H and O–H groups in total. The van der Waals surface area contributed by atoms with Crippen molar-refractivity contribution in [1.82, 2.24) is 0 Å². The lowest BCUT2D eigenvalue weighted by molar-refractivity contribution is 0.270. The van der Waals surface area contributed by atoms with Crippen LogP contribution >= 0.6 is 0 Å². The minimum Gasteiger partial charge on any atom is -0.507 e. The molecule has 0 atom stereocenters. The van der Waals surface area contributed by atoms with Crippen LogP contribution < -0.4 is 9.47 Å². The van der Waals surface area contributed by atoms with Gasteiger partial charge in [0, 0.05) is 11.1 Å². The average Bonchev–Trinajstić information content (AvgIpc) is 2.53. The molecular weight excluding hydrogens is 304 g/mol. The van der Waals surface area contributed by atoms with E-state index in [1.165, 1.54) is 0 Å². The fraction of sp³-hybridized carbons (Fsp3) is 0.400. The molecule has 0 bridgehead atoms. The second-order valence-electron chi connectivity index (χ2n) is 6.77. The summed E-state index contributed by atoms with van der Waals surface area (Å²) in [5.74, 6) is 2.30. The third-order valence-corrected chi connectivity index (χ3v) is 3.39. The van der Waals surface area contributed by atoms with Gasteiger partial charge in [-0.25, -0.2) is 0 Å². The van der Waals surface area contributed by atoms with E-state index in [1.807, 2.05) is 0 Å². The highest BCUT2D eigenvalue weighted by Gasteiger charge is 2.13. The van der Waals surface area contributed by atoms with Crippen LogP contribution in [0, 0.1) is 11.8 Å². The second-order valence-corrected chi connectivity index (χ2v) is 6.77. The maximum Gasteiger partial charge on any atom is 0.123 e. The zero-order valence-corrected chi connectivity index (χ0v) is 14.7. The molecule has 2 rings (SSSR count). The number of benzene rings is 2. The first kappa shape index (κ1) is 18.0. The molecule has 4 heteroatoms. The summed E-state index contributed by atoms with van der Waals surface area (Å²) in [6.07, 6.45) is 0. The number of rotatable bonds is 7. The Hall–Kier alpha value is -2.36. The maximum absolute atomic E-state index is 10.2. The molecule has 0 aliphatic carbocycles. The summed E-state index contributed by atoms with van der Waals surface area (Å²) in [7, 11) is 0. The summed E-state index contributed by atoms with van der Waals surface area (Å²) < 4.78 is 11.4. The Morgan fingerprint density at radius 1 is 0.708 bits per heavy atom. The normalized spacial score (nSPS) is 11.1. The van der Waals surface area contributed by atoms with Gasteiger partial charge in [0.2, 0.25) is 0 Å². The van der Waals surface area contributed by atoms with Crippen molar-refractivity contribution in [1.29, 1.82) is 0 Å². The van der Waals surface area contributed by atoms with Crippen molar-refractivity contribution in [3.05, 3.63) is 36.4 Å². The molecule has 0 heterocycles. The molecule has 130 valence electrons. The molecule has 2 aromatic rings. The standard InChI is InChI=1S/C20H26O4/c1-13(2)11-23-15-5-7-19(21)17(9-15)18-10-16(6-8-20(18)22)24-12-14(3)4/h5-10,13-14,21-22H,11-12H2,1-4H3. The Labute approximate surface area is 143 Å². The third-order valence-electron chi connectivity index (χ3n) is 3.39. The van der Waals surface area contributed by atoms with Gasteiger partial charge in [0.15, 0.2) is 0 Å². The number of aromatic hydroxyl groups is 2. The fourth-order valence-corrected chi connectivity index (χ4v) is 2.17. The van der Waals surface area contributed by atoms with Gasteiger partial charge in [0.05, 0.1) is 13.2 Å². The molecule has 2 aromatic carbocycles. The van der Waals surface area contributed by atoms with Crippen molar-refractivity contribution in [2.75, 3.05) is 13.2 Å². The van der Waals surface area contributed by atoms with Gasteiger partial charge in [0.25, 0.3) is 0 Å². The molecule has 0 aromatic heterocycles. The molecule has 0 spiro atoms. The van der Waals surface area contributed by atoms with E-state index < -0.39 is 0 Å². The fourth-order valence-electron chi connectivity index (χ4n) is 2.17. The number of hydrogen-bond acceptors (Lipinski definition) is 4. The van der Waals surface area contributed by atoms with Gasteiger partial charge in [-0.3, -0.25) is 0 Å². The average molecular weight is 330 g/mol. The number of phenolic OH excluding ortho intramolecular Hbond substituents is 2. The quantitative estimate of drug-likeness (QED) is 0.763. The van der Waals surface area contributed by atoms with E-state index in [0.717, 1.165) is 0 Å². The summed E-state index contributed by atoms with van der Waals surface area (Å²) in [4.78, 5) is 0. The predicted molar refractivity (Wildman–Crippen MR) is 95.9 cm³/mol. The number of hydrogen-bond donors (Lipinski definition) is 2. The molecule has 0 saturated heterocycles. The van der Waals surface area contributed by atoms with Gasteiger partial charge in [-0.1, -0.05) is 27.7 Å². The van der Waals surface area contributed by atoms with E-state index in [2.05, 4.69) is 27.7 Å². The first-order valence-electron chi connectivity index (χ1n) is 8.28. The van der Waals surface area contributed by atoms with E-state index in [4.69, 9.17) is 9.47 Å². The number of phenols is 2. The second kappa shape index (κ2) is 7.95. The summed E-state index contributed by atoms with van der Waals surface area (Å²) in [5, 5.41) is 20.4. The van der Waals surface area contributed by atoms with Crippen LogP contribution in [-0.4, -0.2) is 23.4 Å². The van der Waals surface area contributed by atoms with E-state index >= 15 is 0 Å². The summed E-state index contributed by atoms with van der Waals surface area (Å²) >= 11 is 0. The Morgan fingerprint density at radius 2 is 1.08 bits per heavy atom. The molecule has 4 nitrogen and oxygen atoms in total. The maximum atomic E-state index is 10.2. The van der Waals surface area contributed by atoms with Crippen LogP contribution in [0.5, 0.6) is 23.0 Å². The van der Waals surface area contributed by atoms with Crippen molar-refractivity contribution in [2.45, 2.75) is 27.7 Å². The van der Waals surface area contributed by atoms with Crippen molar-refractivity contribution in [3.63, 3.8) is 0 Å². The Kier molecular flexibility index (Phi) is 5.96. The molecule has 0 aliphatic heterocycles. The molecule has 0 radical (unpaired) electrons. The van der Waals surface area contributed by atoms with E-state index in [-0.39, 0.29) is 11.5 Å². The van der Waals surface area contributed by atoms with Gasteiger partial charge >= 0.3 is 0 Å². The molecule has 24 heavy (non-hydrogen) atoms. The van der Waals surface area contributed by atoms with Crippen LogP contribution in [0.1, 0.15) is 27.7 Å². The van der Waals surface area contributed by atoms with Crippen LogP contribution in [-0.2, 0) is 0 Å². The first-order chi connectivity index (χ1) is 11.4. The predicted octanol–water partition coefficient (Wildman–Crippen LogP) is 4.83. The topological polar surface area (TPSA) is 58.9 Å². The number of ether oxygens (including phenoxy) is 2. The molecule has 0 unspecified atom stereocenters. The van der Waals surface area contributed by atoms with Gasteiger partial charge in [-0.05, 0) is 48.2 Å². The van der Waals surface area contributed by atoms with Crippen LogP contribution in [0.3, 0.4) is 0 Å². The molecule has 0 fully saturated rings. The van der Waals surface area contributed by atoms with Crippen LogP contribution in [0.2, 0.25) is 0 Å². The van der Waals surface area contributed by atoms with E-state index in [0.29, 0.717) is 47.7 Å². The lowest BCUT2D eigenvalue weighted by Gasteiger charge is -2.14.